The lowest BCUT2D eigenvalue weighted by Crippen LogP contribution is -2.32. The second-order valence-corrected chi connectivity index (χ2v) is 6.52. The lowest BCUT2D eigenvalue weighted by Gasteiger charge is -2.13. The average molecular weight is 289 g/mol. The van der Waals surface area contributed by atoms with Gasteiger partial charge in [-0.1, -0.05) is 0 Å². The first-order valence-corrected chi connectivity index (χ1v) is 7.18. The second-order valence-electron chi connectivity index (χ2n) is 4.81. The standard InChI is InChI=1S/C10H15N3O5S/c1-6-8(7(9(15)16)13-12-6)19(17,18)11-4-10(5-14)2-3-10/h11,14H,2-5H2,1H3,(H,12,13)(H,15,16). The van der Waals surface area contributed by atoms with Crippen LogP contribution in [0.2, 0.25) is 0 Å². The van der Waals surface area contributed by atoms with E-state index in [0.29, 0.717) is 0 Å². The third-order valence-corrected chi connectivity index (χ3v) is 4.85. The highest BCUT2D eigenvalue weighted by Crippen LogP contribution is 2.44. The van der Waals surface area contributed by atoms with E-state index in [-0.39, 0.29) is 23.7 Å². The number of aryl methyl sites for hydroxylation is 1. The zero-order valence-electron chi connectivity index (χ0n) is 10.3. The number of carboxylic acids is 1. The van der Waals surface area contributed by atoms with Crippen LogP contribution in [0, 0.1) is 12.3 Å². The number of carboxylic acid groups (broad SMARTS) is 1. The Balaban J connectivity index is 2.24. The van der Waals surface area contributed by atoms with E-state index in [9.17, 15) is 13.2 Å². The normalized spacial score (nSPS) is 17.4. The van der Waals surface area contributed by atoms with Crippen molar-refractivity contribution in [2.75, 3.05) is 13.2 Å². The number of aromatic amines is 1. The Kier molecular flexibility index (Phi) is 3.37. The molecule has 0 spiro atoms. The van der Waals surface area contributed by atoms with E-state index >= 15 is 0 Å². The molecular formula is C10H15N3O5S. The first-order chi connectivity index (χ1) is 8.81. The molecule has 1 aromatic rings. The monoisotopic (exact) mass is 289 g/mol. The van der Waals surface area contributed by atoms with Crippen LogP contribution in [0.3, 0.4) is 0 Å². The van der Waals surface area contributed by atoms with Gasteiger partial charge in [0.2, 0.25) is 10.0 Å². The molecule has 1 aromatic heterocycles. The molecule has 0 unspecified atom stereocenters. The van der Waals surface area contributed by atoms with Crippen LogP contribution in [0.1, 0.15) is 29.0 Å². The molecule has 1 aliphatic rings. The van der Waals surface area contributed by atoms with E-state index < -0.39 is 27.1 Å². The van der Waals surface area contributed by atoms with Crippen molar-refractivity contribution in [1.82, 2.24) is 14.9 Å². The van der Waals surface area contributed by atoms with Gasteiger partial charge in [-0.15, -0.1) is 0 Å². The molecule has 1 fully saturated rings. The summed E-state index contributed by atoms with van der Waals surface area (Å²) < 4.78 is 26.6. The van der Waals surface area contributed by atoms with Gasteiger partial charge in [0.15, 0.2) is 5.69 Å². The third kappa shape index (κ3) is 2.62. The van der Waals surface area contributed by atoms with E-state index in [0.717, 1.165) is 12.8 Å². The van der Waals surface area contributed by atoms with Crippen molar-refractivity contribution in [3.63, 3.8) is 0 Å². The Morgan fingerprint density at radius 1 is 1.53 bits per heavy atom. The van der Waals surface area contributed by atoms with E-state index in [1.54, 1.807) is 0 Å². The molecule has 8 nitrogen and oxygen atoms in total. The number of aliphatic hydroxyl groups is 1. The summed E-state index contributed by atoms with van der Waals surface area (Å²) >= 11 is 0. The first-order valence-electron chi connectivity index (χ1n) is 5.70. The predicted molar refractivity (Wildman–Crippen MR) is 64.2 cm³/mol. The molecule has 2 rings (SSSR count). The predicted octanol–water partition coefficient (Wildman–Crippen LogP) is -0.533. The van der Waals surface area contributed by atoms with Gasteiger partial charge in [0, 0.05) is 18.6 Å². The Labute approximate surface area is 109 Å². The minimum absolute atomic E-state index is 0.0916. The summed E-state index contributed by atoms with van der Waals surface area (Å²) in [5, 5.41) is 23.9. The number of H-pyrrole nitrogens is 1. The van der Waals surface area contributed by atoms with Gasteiger partial charge in [-0.05, 0) is 19.8 Å². The van der Waals surface area contributed by atoms with Crippen LogP contribution < -0.4 is 4.72 Å². The summed E-state index contributed by atoms with van der Waals surface area (Å²) in [5.74, 6) is -1.41. The lowest BCUT2D eigenvalue weighted by molar-refractivity contribution is 0.0686. The maximum atomic E-state index is 12.1. The summed E-state index contributed by atoms with van der Waals surface area (Å²) in [7, 11) is -3.96. The number of hydrogen-bond acceptors (Lipinski definition) is 5. The van der Waals surface area contributed by atoms with Crippen LogP contribution >= 0.6 is 0 Å². The van der Waals surface area contributed by atoms with Crippen molar-refractivity contribution in [3.05, 3.63) is 11.4 Å². The van der Waals surface area contributed by atoms with Crippen molar-refractivity contribution in [2.45, 2.75) is 24.7 Å². The van der Waals surface area contributed by atoms with Gasteiger partial charge >= 0.3 is 5.97 Å². The van der Waals surface area contributed by atoms with E-state index in [2.05, 4.69) is 14.9 Å². The van der Waals surface area contributed by atoms with Crippen LogP contribution in [-0.4, -0.2) is 47.9 Å². The summed E-state index contributed by atoms with van der Waals surface area (Å²) in [6, 6.07) is 0. The number of carbonyl (C=O) groups is 1. The van der Waals surface area contributed by atoms with Gasteiger partial charge in [0.25, 0.3) is 0 Å². The highest BCUT2D eigenvalue weighted by molar-refractivity contribution is 7.89. The van der Waals surface area contributed by atoms with E-state index in [1.165, 1.54) is 6.92 Å². The van der Waals surface area contributed by atoms with Crippen LogP contribution in [0.5, 0.6) is 0 Å². The smallest absolute Gasteiger partial charge is 0.357 e. The van der Waals surface area contributed by atoms with E-state index in [4.69, 9.17) is 10.2 Å². The van der Waals surface area contributed by atoms with Crippen LogP contribution in [-0.2, 0) is 10.0 Å². The number of nitrogens with one attached hydrogen (secondary N) is 2. The quantitative estimate of drug-likeness (QED) is 0.556. The molecule has 1 saturated carbocycles. The molecule has 106 valence electrons. The van der Waals surface area contributed by atoms with Crippen LogP contribution in [0.4, 0.5) is 0 Å². The fourth-order valence-corrected chi connectivity index (χ4v) is 3.26. The van der Waals surface area contributed by atoms with E-state index in [1.807, 2.05) is 0 Å². The topological polar surface area (TPSA) is 132 Å². The van der Waals surface area contributed by atoms with Gasteiger partial charge in [-0.3, -0.25) is 5.10 Å². The molecule has 0 radical (unpaired) electrons. The molecule has 1 heterocycles. The van der Waals surface area contributed by atoms with Crippen molar-refractivity contribution in [3.8, 4) is 0 Å². The Morgan fingerprint density at radius 3 is 2.63 bits per heavy atom. The summed E-state index contributed by atoms with van der Waals surface area (Å²) in [5.41, 5.74) is -0.758. The fraction of sp³-hybridized carbons (Fsp3) is 0.600. The highest BCUT2D eigenvalue weighted by Gasteiger charge is 2.43. The van der Waals surface area contributed by atoms with Crippen molar-refractivity contribution in [1.29, 1.82) is 0 Å². The zero-order chi connectivity index (χ0) is 14.3. The van der Waals surface area contributed by atoms with Crippen LogP contribution in [0.15, 0.2) is 4.90 Å². The van der Waals surface area contributed by atoms with Gasteiger partial charge < -0.3 is 10.2 Å². The maximum absolute atomic E-state index is 12.1. The number of hydrogen-bond donors (Lipinski definition) is 4. The summed E-state index contributed by atoms with van der Waals surface area (Å²) in [6.07, 6.45) is 1.50. The molecule has 19 heavy (non-hydrogen) atoms. The summed E-state index contributed by atoms with van der Waals surface area (Å²) in [6.45, 7) is 1.44. The lowest BCUT2D eigenvalue weighted by atomic mass is 10.1. The number of nitrogens with zero attached hydrogens (tertiary/aromatic N) is 1. The molecule has 0 aromatic carbocycles. The number of aromatic carboxylic acids is 1. The van der Waals surface area contributed by atoms with Crippen molar-refractivity contribution in [2.24, 2.45) is 5.41 Å². The van der Waals surface area contributed by atoms with Crippen molar-refractivity contribution < 1.29 is 23.4 Å². The maximum Gasteiger partial charge on any atom is 0.357 e. The molecule has 1 aliphatic carbocycles. The zero-order valence-corrected chi connectivity index (χ0v) is 11.1. The Hall–Kier alpha value is -1.45. The number of aromatic nitrogens is 2. The number of rotatable bonds is 6. The minimum Gasteiger partial charge on any atom is -0.476 e. The van der Waals surface area contributed by atoms with Gasteiger partial charge in [-0.2, -0.15) is 5.10 Å². The first kappa shape index (κ1) is 14.0. The summed E-state index contributed by atoms with van der Waals surface area (Å²) in [4.78, 5) is 10.6. The number of sulfonamides is 1. The Morgan fingerprint density at radius 2 is 2.16 bits per heavy atom. The van der Waals surface area contributed by atoms with Gasteiger partial charge in [0.1, 0.15) is 4.90 Å². The van der Waals surface area contributed by atoms with Gasteiger partial charge in [-0.25, -0.2) is 17.9 Å². The van der Waals surface area contributed by atoms with Crippen molar-refractivity contribution >= 4 is 16.0 Å². The largest absolute Gasteiger partial charge is 0.476 e. The molecule has 0 saturated heterocycles. The molecule has 4 N–H and O–H groups in total. The molecule has 0 aliphatic heterocycles. The molecule has 9 heteroatoms. The number of aliphatic hydroxyl groups excluding tert-OH is 1. The van der Waals surface area contributed by atoms with Gasteiger partial charge in [0.05, 0.1) is 5.69 Å². The average Bonchev–Trinajstić information content (AvgIpc) is 3.02. The molecule has 0 amide bonds. The minimum atomic E-state index is -3.96. The molecular weight excluding hydrogens is 274 g/mol. The molecule has 0 bridgehead atoms. The fourth-order valence-electron chi connectivity index (χ4n) is 1.78. The van der Waals surface area contributed by atoms with Crippen LogP contribution in [0.25, 0.3) is 0 Å². The SMILES string of the molecule is Cc1[nH]nc(C(=O)O)c1S(=O)(=O)NCC1(CO)CC1. The highest BCUT2D eigenvalue weighted by atomic mass is 32.2. The second kappa shape index (κ2) is 4.58. The third-order valence-electron chi connectivity index (χ3n) is 3.29. The Bertz CT molecular complexity index is 603. The molecule has 0 atom stereocenters.